The maximum atomic E-state index is 14.7. The fraction of sp³-hybridized carbons (Fsp3) is 0.447. The SMILES string of the molecule is C=C1CC[C@H](N2Cc3c(csc3COCc3ccc(CN4CCOCC4)cc3)C2=O)C(=O)C1.C=C1CC[C@H](N2Cc3c(csc3COc3ccc(CN4CCOCC4)cc3F)C2=O)C(=O)C1.C=C1CC[C@H](N2Cc3c(csc3COc3cccc(CN4CCOCC4)c3)C2=O)C(=O)C1. The van der Waals surface area contributed by atoms with Crippen LogP contribution in [0.15, 0.2) is 119 Å². The third-order valence-corrected chi connectivity index (χ3v) is 22.9. The van der Waals surface area contributed by atoms with E-state index in [0.717, 1.165) is 174 Å². The number of ether oxygens (including phenoxy) is 6. The van der Waals surface area contributed by atoms with Crippen molar-refractivity contribution in [2.75, 3.05) is 78.9 Å². The summed E-state index contributed by atoms with van der Waals surface area (Å²) < 4.78 is 48.8. The maximum absolute atomic E-state index is 14.7. The summed E-state index contributed by atoms with van der Waals surface area (Å²) in [4.78, 5) is 91.5. The van der Waals surface area contributed by atoms with Gasteiger partial charge >= 0.3 is 0 Å². The third kappa shape index (κ3) is 16.4. The largest absolute Gasteiger partial charge is 0.488 e. The number of hydrogen-bond acceptors (Lipinski definition) is 18. The number of halogens is 1. The minimum atomic E-state index is -0.389. The summed E-state index contributed by atoms with van der Waals surface area (Å²) in [5.74, 6) is 0.781. The van der Waals surface area contributed by atoms with E-state index in [1.165, 1.54) is 28.5 Å². The first kappa shape index (κ1) is 69.1. The highest BCUT2D eigenvalue weighted by molar-refractivity contribution is 7.11. The van der Waals surface area contributed by atoms with Crippen molar-refractivity contribution in [2.24, 2.45) is 0 Å². The molecule has 9 aliphatic rings. The minimum Gasteiger partial charge on any atom is -0.488 e. The van der Waals surface area contributed by atoms with Gasteiger partial charge in [-0.2, -0.15) is 0 Å². The fourth-order valence-electron chi connectivity index (χ4n) is 14.3. The van der Waals surface area contributed by atoms with Crippen LogP contribution >= 0.6 is 34.0 Å². The second-order valence-corrected chi connectivity index (χ2v) is 29.7. The molecule has 3 atom stereocenters. The molecule has 6 aromatic rings. The van der Waals surface area contributed by atoms with E-state index in [0.29, 0.717) is 103 Å². The number of hydrogen-bond donors (Lipinski definition) is 0. The Bertz CT molecular complexity index is 3970. The number of rotatable bonds is 19. The Morgan fingerprint density at radius 1 is 0.449 bits per heavy atom. The molecule has 6 aliphatic heterocycles. The van der Waals surface area contributed by atoms with E-state index in [4.69, 9.17) is 28.4 Å². The number of amides is 3. The van der Waals surface area contributed by atoms with Gasteiger partial charge in [0.25, 0.3) is 17.7 Å². The van der Waals surface area contributed by atoms with Crippen LogP contribution in [0.1, 0.15) is 142 Å². The van der Waals surface area contributed by atoms with Crippen LogP contribution in [0.25, 0.3) is 0 Å². The lowest BCUT2D eigenvalue weighted by molar-refractivity contribution is -0.124. The van der Waals surface area contributed by atoms with E-state index in [9.17, 15) is 33.2 Å². The molecular weight excluding hydrogens is 1300 g/mol. The van der Waals surface area contributed by atoms with Crippen molar-refractivity contribution in [2.45, 2.75) is 142 Å². The fourth-order valence-corrected chi connectivity index (χ4v) is 17.2. The highest BCUT2D eigenvalue weighted by Gasteiger charge is 2.43. The average molecular weight is 1390 g/mol. The number of nitrogens with zero attached hydrogens (tertiary/aromatic N) is 6. The van der Waals surface area contributed by atoms with Gasteiger partial charge in [0.15, 0.2) is 28.9 Å². The van der Waals surface area contributed by atoms with Crippen molar-refractivity contribution in [3.05, 3.63) is 195 Å². The van der Waals surface area contributed by atoms with Gasteiger partial charge in [-0.05, 0) is 85.0 Å². The van der Waals surface area contributed by atoms with E-state index in [1.54, 1.807) is 43.4 Å². The molecule has 3 aliphatic carbocycles. The summed E-state index contributed by atoms with van der Waals surface area (Å²) in [7, 11) is 0. The zero-order valence-electron chi connectivity index (χ0n) is 55.5. The zero-order valence-corrected chi connectivity index (χ0v) is 58.0. The van der Waals surface area contributed by atoms with E-state index in [-0.39, 0.29) is 71.4 Å². The number of fused-ring (bicyclic) bond motifs is 3. The number of allylic oxidation sites excluding steroid dienone is 3. The van der Waals surface area contributed by atoms with Gasteiger partial charge in [-0.3, -0.25) is 43.5 Å². The van der Waals surface area contributed by atoms with Crippen LogP contribution in [0.3, 0.4) is 0 Å². The molecular formula is C76H85FN6O12S3. The molecule has 3 aromatic carbocycles. The number of ketones is 3. The third-order valence-electron chi connectivity index (χ3n) is 19.9. The zero-order chi connectivity index (χ0) is 67.8. The normalized spacial score (nSPS) is 21.7. The summed E-state index contributed by atoms with van der Waals surface area (Å²) in [6.07, 6.45) is 5.51. The maximum Gasteiger partial charge on any atom is 0.255 e. The number of morpholine rings is 3. The Balaban J connectivity index is 0.000000132. The molecule has 3 saturated heterocycles. The van der Waals surface area contributed by atoms with Gasteiger partial charge in [0.1, 0.15) is 19.0 Å². The Hall–Kier alpha value is -7.35. The summed E-state index contributed by atoms with van der Waals surface area (Å²) in [6.45, 7) is 27.5. The lowest BCUT2D eigenvalue weighted by Crippen LogP contribution is -2.43. The minimum absolute atomic E-state index is 0.0192. The first-order valence-corrected chi connectivity index (χ1v) is 36.8. The Labute approximate surface area is 584 Å². The van der Waals surface area contributed by atoms with Gasteiger partial charge in [0.05, 0.1) is 87.7 Å². The summed E-state index contributed by atoms with van der Waals surface area (Å²) in [6, 6.07) is 20.9. The highest BCUT2D eigenvalue weighted by Crippen LogP contribution is 2.40. The Morgan fingerprint density at radius 2 is 0.837 bits per heavy atom. The van der Waals surface area contributed by atoms with Crippen LogP contribution in [-0.2, 0) is 99.0 Å². The number of carbonyl (C=O) groups excluding carboxylic acids is 6. The molecule has 0 bridgehead atoms. The topological polar surface area (TPSA) is 177 Å². The number of benzene rings is 3. The van der Waals surface area contributed by atoms with Crippen molar-refractivity contribution in [1.29, 1.82) is 0 Å². The predicted molar refractivity (Wildman–Crippen MR) is 373 cm³/mol. The smallest absolute Gasteiger partial charge is 0.255 e. The van der Waals surface area contributed by atoms with Crippen LogP contribution in [0.2, 0.25) is 0 Å². The predicted octanol–water partition coefficient (Wildman–Crippen LogP) is 11.7. The molecule has 6 fully saturated rings. The number of thiophene rings is 3. The molecule has 0 radical (unpaired) electrons. The molecule has 0 N–H and O–H groups in total. The second kappa shape index (κ2) is 31.9. The van der Waals surface area contributed by atoms with E-state index >= 15 is 0 Å². The van der Waals surface area contributed by atoms with Crippen molar-refractivity contribution in [1.82, 2.24) is 29.4 Å². The van der Waals surface area contributed by atoms with Gasteiger partial charge in [-0.25, -0.2) is 4.39 Å². The Kier molecular flexibility index (Phi) is 22.5. The molecule has 3 aromatic heterocycles. The van der Waals surface area contributed by atoms with Crippen LogP contribution in [-0.4, -0.2) is 162 Å². The second-order valence-electron chi connectivity index (χ2n) is 26.8. The summed E-state index contributed by atoms with van der Waals surface area (Å²) >= 11 is 4.58. The molecule has 9 heterocycles. The first-order chi connectivity index (χ1) is 47.7. The van der Waals surface area contributed by atoms with Crippen LogP contribution < -0.4 is 9.47 Å². The molecule has 15 rings (SSSR count). The quantitative estimate of drug-likeness (QED) is 0.0699. The first-order valence-electron chi connectivity index (χ1n) is 34.1. The van der Waals surface area contributed by atoms with Gasteiger partial charge in [0.2, 0.25) is 0 Å². The number of carbonyl (C=O) groups is 6. The monoisotopic (exact) mass is 1390 g/mol. The van der Waals surface area contributed by atoms with Gasteiger partial charge in [-0.15, -0.1) is 34.0 Å². The van der Waals surface area contributed by atoms with Gasteiger partial charge < -0.3 is 43.1 Å². The molecule has 0 spiro atoms. The van der Waals surface area contributed by atoms with Crippen molar-refractivity contribution >= 4 is 69.1 Å². The van der Waals surface area contributed by atoms with Crippen molar-refractivity contribution in [3.8, 4) is 11.5 Å². The Morgan fingerprint density at radius 3 is 1.27 bits per heavy atom. The summed E-state index contributed by atoms with van der Waals surface area (Å²) in [5, 5.41) is 5.66. The lowest BCUT2D eigenvalue weighted by Gasteiger charge is -2.30. The molecule has 22 heteroatoms. The van der Waals surface area contributed by atoms with Gasteiger partial charge in [0, 0.05) is 145 Å². The molecule has 3 saturated carbocycles. The standard InChI is InChI=1S/C26H30N2O4S.C25H27FN2O4S.C25H28N2O4S/c1-18-2-7-23(24(29)12-18)28-14-21-22(26(28)30)17-33-25(21)16-32-15-20-5-3-19(4-6-20)13-27-8-10-31-11-9-27;1-16-2-4-21(22(29)10-16)28-13-18-19(25(28)30)15-33-24(18)14-32-23-5-3-17(11-20(23)26)12-27-6-8-31-9-7-27;1-17-5-6-22(23(28)11-17)27-14-20-21(25(27)29)16-32-24(20)15-31-19-4-2-3-18(12-19)13-26-7-9-30-10-8-26/h3-6,17,23H,1-2,7-16H2;3,5,11,15,21H,1-2,4,6-10,12-14H2;2-4,12,16,22H,1,5-11,13-15H2/t23-;21-;22-/m000/s1. The van der Waals surface area contributed by atoms with E-state index in [1.807, 2.05) is 34.3 Å². The average Bonchev–Trinajstić information content (AvgIpc) is 1.63. The molecule has 516 valence electrons. The summed E-state index contributed by atoms with van der Waals surface area (Å²) in [5.41, 5.74) is 12.5. The molecule has 18 nitrogen and oxygen atoms in total. The molecule has 98 heavy (non-hydrogen) atoms. The molecule has 0 unspecified atom stereocenters. The van der Waals surface area contributed by atoms with Crippen LogP contribution in [0.5, 0.6) is 11.5 Å². The highest BCUT2D eigenvalue weighted by atomic mass is 32.1. The van der Waals surface area contributed by atoms with Crippen LogP contribution in [0.4, 0.5) is 4.39 Å². The van der Waals surface area contributed by atoms with Gasteiger partial charge in [-0.1, -0.05) is 78.9 Å². The number of Topliss-reactive ketones (excluding diaryl/α,β-unsaturated/α-hetero) is 3. The van der Waals surface area contributed by atoms with Crippen molar-refractivity contribution in [3.63, 3.8) is 0 Å². The van der Waals surface area contributed by atoms with Crippen molar-refractivity contribution < 1.29 is 61.6 Å². The van der Waals surface area contributed by atoms with Crippen LogP contribution in [0, 0.1) is 5.82 Å². The van der Waals surface area contributed by atoms with E-state index in [2.05, 4.69) is 70.8 Å². The molecule has 3 amide bonds. The lowest BCUT2D eigenvalue weighted by atomic mass is 9.89. The van der Waals surface area contributed by atoms with E-state index < -0.39 is 0 Å².